The number of halogens is 1. The van der Waals surface area contributed by atoms with Gasteiger partial charge in [-0.25, -0.2) is 9.48 Å². The second-order valence-corrected chi connectivity index (χ2v) is 4.59. The van der Waals surface area contributed by atoms with Crippen LogP contribution in [0.1, 0.15) is 26.7 Å². The first-order valence-corrected chi connectivity index (χ1v) is 6.84. The lowest BCUT2D eigenvalue weighted by Gasteiger charge is -2.12. The minimum Gasteiger partial charge on any atom is -0.241 e. The highest BCUT2D eigenvalue weighted by Crippen LogP contribution is 2.16. The molecular weight excluding hydrogens is 244 g/mol. The van der Waals surface area contributed by atoms with Crippen LogP contribution in [-0.2, 0) is 0 Å². The fourth-order valence-corrected chi connectivity index (χ4v) is 1.81. The highest BCUT2D eigenvalue weighted by Gasteiger charge is 2.09. The van der Waals surface area contributed by atoms with Crippen molar-refractivity contribution < 1.29 is 4.58 Å². The van der Waals surface area contributed by atoms with Crippen LogP contribution in [-0.4, -0.2) is 24.0 Å². The summed E-state index contributed by atoms with van der Waals surface area (Å²) in [6, 6.07) is 7.89. The quantitative estimate of drug-likeness (QED) is 0.408. The molecule has 1 rings (SSSR count). The van der Waals surface area contributed by atoms with E-state index in [0.717, 1.165) is 23.8 Å². The molecule has 1 aromatic carbocycles. The molecule has 0 aromatic heterocycles. The van der Waals surface area contributed by atoms with Gasteiger partial charge in [0, 0.05) is 5.02 Å². The zero-order valence-electron chi connectivity index (χ0n) is 11.3. The van der Waals surface area contributed by atoms with Gasteiger partial charge in [0.25, 0.3) is 0 Å². The smallest absolute Gasteiger partial charge is 0.241 e. The van der Waals surface area contributed by atoms with Crippen molar-refractivity contribution >= 4 is 23.6 Å². The number of hydrogen-bond acceptors (Lipinski definition) is 0. The van der Waals surface area contributed by atoms with E-state index in [4.69, 9.17) is 11.6 Å². The fraction of sp³-hybridized carbons (Fsp3) is 0.400. The van der Waals surface area contributed by atoms with Crippen LogP contribution in [0, 0.1) is 0 Å². The Morgan fingerprint density at radius 3 is 2.44 bits per heavy atom. The van der Waals surface area contributed by atoms with Gasteiger partial charge in [-0.15, -0.1) is 0 Å². The lowest BCUT2D eigenvalue weighted by Crippen LogP contribution is -2.26. The molecule has 0 aliphatic rings. The molecule has 0 unspecified atom stereocenters. The van der Waals surface area contributed by atoms with Gasteiger partial charge in [0.15, 0.2) is 0 Å². The molecule has 0 radical (unpaired) electrons. The van der Waals surface area contributed by atoms with Crippen molar-refractivity contribution in [1.29, 1.82) is 0 Å². The number of hydrogen-bond donors (Lipinski definition) is 0. The summed E-state index contributed by atoms with van der Waals surface area (Å²) in [4.78, 5) is 2.19. The van der Waals surface area contributed by atoms with Crippen molar-refractivity contribution in [3.63, 3.8) is 0 Å². The van der Waals surface area contributed by atoms with E-state index < -0.39 is 0 Å². The first-order valence-electron chi connectivity index (χ1n) is 6.46. The standard InChI is InChI=1S/C15H22ClN2/c1-4-7-12-17(5-2)13-18(6-3)15-10-8-14(16)9-11-15/h5,8-11,13H,2,4,6-7,12H2,1,3H3/q+1. The Morgan fingerprint density at radius 1 is 1.28 bits per heavy atom. The van der Waals surface area contributed by atoms with E-state index in [2.05, 4.69) is 36.2 Å². The Labute approximate surface area is 115 Å². The molecule has 0 bridgehead atoms. The topological polar surface area (TPSA) is 6.25 Å². The molecule has 3 heteroatoms. The van der Waals surface area contributed by atoms with Crippen molar-refractivity contribution in [2.24, 2.45) is 0 Å². The van der Waals surface area contributed by atoms with Crippen molar-refractivity contribution in [1.82, 2.24) is 0 Å². The SMILES string of the molecule is C=C[N+](=CN(CC)c1ccc(Cl)cc1)CCCC. The summed E-state index contributed by atoms with van der Waals surface area (Å²) < 4.78 is 2.13. The summed E-state index contributed by atoms with van der Waals surface area (Å²) in [5.41, 5.74) is 1.14. The van der Waals surface area contributed by atoms with Gasteiger partial charge in [-0.3, -0.25) is 0 Å². The van der Waals surface area contributed by atoms with Gasteiger partial charge in [-0.2, -0.15) is 0 Å². The van der Waals surface area contributed by atoms with Crippen LogP contribution in [0.15, 0.2) is 37.0 Å². The number of benzene rings is 1. The molecule has 1 aromatic rings. The minimum absolute atomic E-state index is 0.765. The molecule has 0 aliphatic heterocycles. The van der Waals surface area contributed by atoms with Gasteiger partial charge < -0.3 is 0 Å². The molecular formula is C15H22ClN2+. The van der Waals surface area contributed by atoms with Crippen LogP contribution >= 0.6 is 11.6 Å². The molecule has 0 fully saturated rings. The van der Waals surface area contributed by atoms with E-state index in [1.165, 1.54) is 12.8 Å². The Balaban J connectivity index is 2.84. The van der Waals surface area contributed by atoms with E-state index in [0.29, 0.717) is 0 Å². The fourth-order valence-electron chi connectivity index (χ4n) is 1.68. The molecule has 98 valence electrons. The number of anilines is 1. The zero-order valence-corrected chi connectivity index (χ0v) is 12.0. The summed E-state index contributed by atoms with van der Waals surface area (Å²) in [6.45, 7) is 10.1. The van der Waals surface area contributed by atoms with Crippen LogP contribution in [0.3, 0.4) is 0 Å². The Hall–Kier alpha value is -1.28. The van der Waals surface area contributed by atoms with Crippen LogP contribution in [0.2, 0.25) is 5.02 Å². The average Bonchev–Trinajstić information content (AvgIpc) is 2.40. The van der Waals surface area contributed by atoms with Crippen molar-refractivity contribution in [3.05, 3.63) is 42.1 Å². The molecule has 0 spiro atoms. The maximum absolute atomic E-state index is 5.91. The van der Waals surface area contributed by atoms with Crippen molar-refractivity contribution in [2.75, 3.05) is 18.0 Å². The highest BCUT2D eigenvalue weighted by atomic mass is 35.5. The maximum atomic E-state index is 5.91. The van der Waals surface area contributed by atoms with Gasteiger partial charge in [-0.05, 0) is 37.6 Å². The molecule has 18 heavy (non-hydrogen) atoms. The second-order valence-electron chi connectivity index (χ2n) is 4.15. The Kier molecular flexibility index (Phi) is 6.51. The Bertz CT molecular complexity index is 395. The van der Waals surface area contributed by atoms with Gasteiger partial charge >= 0.3 is 0 Å². The lowest BCUT2D eigenvalue weighted by molar-refractivity contribution is -0.453. The average molecular weight is 266 g/mol. The third-order valence-corrected chi connectivity index (χ3v) is 3.04. The van der Waals surface area contributed by atoms with E-state index in [1.54, 1.807) is 0 Å². The van der Waals surface area contributed by atoms with Crippen molar-refractivity contribution in [2.45, 2.75) is 26.7 Å². The Morgan fingerprint density at radius 2 is 1.94 bits per heavy atom. The summed E-state index contributed by atoms with van der Waals surface area (Å²) in [5, 5.41) is 0.765. The van der Waals surface area contributed by atoms with Gasteiger partial charge in [0.05, 0.1) is 19.3 Å². The largest absolute Gasteiger partial charge is 0.243 e. The monoisotopic (exact) mass is 265 g/mol. The maximum Gasteiger partial charge on any atom is 0.243 e. The summed E-state index contributed by atoms with van der Waals surface area (Å²) in [7, 11) is 0. The number of unbranched alkanes of at least 4 members (excludes halogenated alkanes) is 1. The van der Waals surface area contributed by atoms with Crippen molar-refractivity contribution in [3.8, 4) is 0 Å². The van der Waals surface area contributed by atoms with Crippen LogP contribution in [0.5, 0.6) is 0 Å². The van der Waals surface area contributed by atoms with E-state index >= 15 is 0 Å². The molecule has 0 amide bonds. The summed E-state index contributed by atoms with van der Waals surface area (Å²) >= 11 is 5.91. The third kappa shape index (κ3) is 4.53. The first kappa shape index (κ1) is 14.8. The molecule has 0 saturated heterocycles. The van der Waals surface area contributed by atoms with Gasteiger partial charge in [0.1, 0.15) is 5.69 Å². The predicted octanol–water partition coefficient (Wildman–Crippen LogP) is 4.15. The molecule has 0 atom stereocenters. The van der Waals surface area contributed by atoms with E-state index in [1.807, 2.05) is 30.5 Å². The zero-order chi connectivity index (χ0) is 13.4. The molecule has 0 saturated carbocycles. The summed E-state index contributed by atoms with van der Waals surface area (Å²) in [6.07, 6.45) is 6.33. The van der Waals surface area contributed by atoms with Gasteiger partial charge in [-0.1, -0.05) is 31.5 Å². The van der Waals surface area contributed by atoms with Crippen LogP contribution in [0.25, 0.3) is 0 Å². The lowest BCUT2D eigenvalue weighted by atomic mass is 10.3. The first-order chi connectivity index (χ1) is 8.71. The number of nitrogens with zero attached hydrogens (tertiary/aromatic N) is 2. The molecule has 2 nitrogen and oxygen atoms in total. The van der Waals surface area contributed by atoms with Gasteiger partial charge in [0.2, 0.25) is 6.34 Å². The third-order valence-electron chi connectivity index (χ3n) is 2.79. The normalized spacial score (nSPS) is 11.4. The van der Waals surface area contributed by atoms with Crippen LogP contribution < -0.4 is 4.90 Å². The molecule has 0 aliphatic carbocycles. The van der Waals surface area contributed by atoms with E-state index in [9.17, 15) is 0 Å². The van der Waals surface area contributed by atoms with E-state index in [-0.39, 0.29) is 0 Å². The molecule has 0 heterocycles. The molecule has 0 N–H and O–H groups in total. The second kappa shape index (κ2) is 7.93. The van der Waals surface area contributed by atoms with Crippen LogP contribution in [0.4, 0.5) is 5.69 Å². The number of rotatable bonds is 7. The highest BCUT2D eigenvalue weighted by molar-refractivity contribution is 6.30. The minimum atomic E-state index is 0.765. The predicted molar refractivity (Wildman–Crippen MR) is 80.8 cm³/mol. The summed E-state index contributed by atoms with van der Waals surface area (Å²) in [5.74, 6) is 0.